The topological polar surface area (TPSA) is 92.4 Å². The molecule has 0 bridgehead atoms. The highest BCUT2D eigenvalue weighted by molar-refractivity contribution is 7.89. The number of nitrogens with two attached hydrogens (primary N) is 1. The Balaban J connectivity index is 2.27. The number of hydrogen-bond acceptors (Lipinski definition) is 4. The highest BCUT2D eigenvalue weighted by Crippen LogP contribution is 2.48. The minimum atomic E-state index is -3.75. The van der Waals surface area contributed by atoms with Crippen molar-refractivity contribution in [1.82, 2.24) is 4.72 Å². The number of nitrogens with one attached hydrogen (secondary N) is 1. The SMILES string of the molecule is Cc1cc(F)c(N)c(C)c1S(=O)(=O)NCC1(CCO)CC1. The second kappa shape index (κ2) is 5.55. The van der Waals surface area contributed by atoms with Gasteiger partial charge in [-0.1, -0.05) is 0 Å². The van der Waals surface area contributed by atoms with Gasteiger partial charge in [0.05, 0.1) is 10.6 Å². The van der Waals surface area contributed by atoms with E-state index in [1.165, 1.54) is 6.92 Å². The normalized spacial score (nSPS) is 17.0. The molecule has 0 unspecified atom stereocenters. The molecule has 1 aliphatic carbocycles. The Hall–Kier alpha value is -1.18. The van der Waals surface area contributed by atoms with E-state index in [4.69, 9.17) is 10.8 Å². The van der Waals surface area contributed by atoms with Crippen LogP contribution in [0.3, 0.4) is 0 Å². The Bertz CT molecular complexity index is 655. The van der Waals surface area contributed by atoms with Crippen molar-refractivity contribution in [3.63, 3.8) is 0 Å². The zero-order valence-corrected chi connectivity index (χ0v) is 13.1. The Labute approximate surface area is 124 Å². The molecule has 1 aromatic carbocycles. The number of aliphatic hydroxyl groups is 1. The summed E-state index contributed by atoms with van der Waals surface area (Å²) in [6, 6.07) is 1.14. The summed E-state index contributed by atoms with van der Waals surface area (Å²) in [5.41, 5.74) is 5.88. The number of anilines is 1. The van der Waals surface area contributed by atoms with Gasteiger partial charge in [0.25, 0.3) is 0 Å². The van der Waals surface area contributed by atoms with Crippen LogP contribution in [-0.2, 0) is 10.0 Å². The average Bonchev–Trinajstić information content (AvgIpc) is 3.14. The van der Waals surface area contributed by atoms with Gasteiger partial charge in [0.1, 0.15) is 5.82 Å². The number of halogens is 1. The fraction of sp³-hybridized carbons (Fsp3) is 0.571. The Morgan fingerprint density at radius 1 is 1.43 bits per heavy atom. The number of nitrogen functional groups attached to an aromatic ring is 1. The van der Waals surface area contributed by atoms with Crippen LogP contribution in [0.2, 0.25) is 0 Å². The van der Waals surface area contributed by atoms with Crippen LogP contribution in [-0.4, -0.2) is 26.7 Å². The van der Waals surface area contributed by atoms with E-state index in [0.717, 1.165) is 18.9 Å². The van der Waals surface area contributed by atoms with Crippen LogP contribution in [0.4, 0.5) is 10.1 Å². The highest BCUT2D eigenvalue weighted by Gasteiger charge is 2.42. The number of rotatable bonds is 6. The van der Waals surface area contributed by atoms with E-state index < -0.39 is 15.8 Å². The summed E-state index contributed by atoms with van der Waals surface area (Å²) < 4.78 is 41.0. The lowest BCUT2D eigenvalue weighted by molar-refractivity contribution is 0.249. The maximum atomic E-state index is 13.5. The van der Waals surface area contributed by atoms with Gasteiger partial charge in [0, 0.05) is 13.2 Å². The molecule has 21 heavy (non-hydrogen) atoms. The first kappa shape index (κ1) is 16.2. The van der Waals surface area contributed by atoms with Crippen molar-refractivity contribution in [2.45, 2.75) is 38.0 Å². The van der Waals surface area contributed by atoms with Gasteiger partial charge in [-0.3, -0.25) is 0 Å². The zero-order valence-electron chi connectivity index (χ0n) is 12.2. The van der Waals surface area contributed by atoms with Crippen molar-refractivity contribution in [3.05, 3.63) is 23.0 Å². The van der Waals surface area contributed by atoms with Crippen LogP contribution < -0.4 is 10.5 Å². The van der Waals surface area contributed by atoms with Gasteiger partial charge < -0.3 is 10.8 Å². The molecule has 0 spiro atoms. The van der Waals surface area contributed by atoms with E-state index in [2.05, 4.69) is 4.72 Å². The molecule has 1 aliphatic rings. The van der Waals surface area contributed by atoms with Crippen molar-refractivity contribution >= 4 is 15.7 Å². The molecule has 1 fully saturated rings. The highest BCUT2D eigenvalue weighted by atomic mass is 32.2. The smallest absolute Gasteiger partial charge is 0.241 e. The predicted octanol–water partition coefficient (Wildman–Crippen LogP) is 1.47. The van der Waals surface area contributed by atoms with Gasteiger partial charge in [-0.05, 0) is 55.7 Å². The molecule has 0 heterocycles. The maximum Gasteiger partial charge on any atom is 0.241 e. The van der Waals surface area contributed by atoms with E-state index >= 15 is 0 Å². The fourth-order valence-electron chi connectivity index (χ4n) is 2.59. The fourth-order valence-corrected chi connectivity index (χ4v) is 4.23. The van der Waals surface area contributed by atoms with Gasteiger partial charge in [0.15, 0.2) is 0 Å². The summed E-state index contributed by atoms with van der Waals surface area (Å²) in [4.78, 5) is 0.0428. The third-order valence-electron chi connectivity index (χ3n) is 4.21. The molecule has 1 aromatic rings. The lowest BCUT2D eigenvalue weighted by Gasteiger charge is -2.18. The maximum absolute atomic E-state index is 13.5. The Morgan fingerprint density at radius 2 is 2.05 bits per heavy atom. The molecule has 118 valence electrons. The van der Waals surface area contributed by atoms with Crippen LogP contribution in [0.25, 0.3) is 0 Å². The van der Waals surface area contributed by atoms with Crippen LogP contribution in [0.15, 0.2) is 11.0 Å². The number of aryl methyl sites for hydroxylation is 1. The summed E-state index contributed by atoms with van der Waals surface area (Å²) in [5, 5.41) is 9.01. The minimum absolute atomic E-state index is 0.0428. The molecule has 0 aliphatic heterocycles. The summed E-state index contributed by atoms with van der Waals surface area (Å²) in [6.45, 7) is 3.38. The molecule has 0 aromatic heterocycles. The van der Waals surface area contributed by atoms with Gasteiger partial charge in [-0.15, -0.1) is 0 Å². The van der Waals surface area contributed by atoms with Gasteiger partial charge in [0.2, 0.25) is 10.0 Å². The summed E-state index contributed by atoms with van der Waals surface area (Å²) in [7, 11) is -3.75. The molecule has 0 atom stereocenters. The molecule has 1 saturated carbocycles. The summed E-state index contributed by atoms with van der Waals surface area (Å²) in [6.07, 6.45) is 2.39. The third kappa shape index (κ3) is 3.20. The zero-order chi connectivity index (χ0) is 15.8. The average molecular weight is 316 g/mol. The molecule has 0 radical (unpaired) electrons. The van der Waals surface area contributed by atoms with Crippen molar-refractivity contribution in [2.24, 2.45) is 5.41 Å². The van der Waals surface area contributed by atoms with Crippen LogP contribution in [0.5, 0.6) is 0 Å². The molecule has 5 nitrogen and oxygen atoms in total. The first-order valence-electron chi connectivity index (χ1n) is 6.88. The monoisotopic (exact) mass is 316 g/mol. The number of sulfonamides is 1. The van der Waals surface area contributed by atoms with Crippen LogP contribution >= 0.6 is 0 Å². The van der Waals surface area contributed by atoms with Crippen molar-refractivity contribution < 1.29 is 17.9 Å². The second-order valence-electron chi connectivity index (χ2n) is 5.84. The van der Waals surface area contributed by atoms with Crippen LogP contribution in [0.1, 0.15) is 30.4 Å². The van der Waals surface area contributed by atoms with Crippen molar-refractivity contribution in [3.8, 4) is 0 Å². The van der Waals surface area contributed by atoms with Gasteiger partial charge in [-0.25, -0.2) is 17.5 Å². The lowest BCUT2D eigenvalue weighted by Crippen LogP contribution is -2.32. The van der Waals surface area contributed by atoms with Crippen molar-refractivity contribution in [1.29, 1.82) is 0 Å². The molecule has 0 amide bonds. The molecular formula is C14H21FN2O3S. The molecule has 4 N–H and O–H groups in total. The van der Waals surface area contributed by atoms with E-state index in [9.17, 15) is 12.8 Å². The lowest BCUT2D eigenvalue weighted by atomic mass is 10.0. The molecule has 7 heteroatoms. The number of aliphatic hydroxyl groups excluding tert-OH is 1. The predicted molar refractivity (Wildman–Crippen MR) is 78.8 cm³/mol. The first-order chi connectivity index (χ1) is 9.72. The van der Waals surface area contributed by atoms with Crippen molar-refractivity contribution in [2.75, 3.05) is 18.9 Å². The molecule has 0 saturated heterocycles. The van der Waals surface area contributed by atoms with Gasteiger partial charge >= 0.3 is 0 Å². The largest absolute Gasteiger partial charge is 0.396 e. The van der Waals surface area contributed by atoms with E-state index in [1.54, 1.807) is 6.92 Å². The number of benzene rings is 1. The molecular weight excluding hydrogens is 295 g/mol. The number of hydrogen-bond donors (Lipinski definition) is 3. The third-order valence-corrected chi connectivity index (χ3v) is 5.90. The standard InChI is InChI=1S/C14H21FN2O3S/c1-9-7-11(15)12(16)10(2)13(9)21(19,20)17-8-14(3-4-14)5-6-18/h7,17-18H,3-6,8,16H2,1-2H3. The Kier molecular flexibility index (Phi) is 4.28. The van der Waals surface area contributed by atoms with Gasteiger partial charge in [-0.2, -0.15) is 0 Å². The summed E-state index contributed by atoms with van der Waals surface area (Å²) >= 11 is 0. The molecule has 2 rings (SSSR count). The first-order valence-corrected chi connectivity index (χ1v) is 8.36. The Morgan fingerprint density at radius 3 is 2.57 bits per heavy atom. The second-order valence-corrected chi connectivity index (χ2v) is 7.55. The van der Waals surface area contributed by atoms with E-state index in [-0.39, 0.29) is 34.7 Å². The summed E-state index contributed by atoms with van der Waals surface area (Å²) in [5.74, 6) is -0.608. The van der Waals surface area contributed by atoms with Crippen LogP contribution in [0, 0.1) is 25.1 Å². The quantitative estimate of drug-likeness (QED) is 0.693. The van der Waals surface area contributed by atoms with E-state index in [1.807, 2.05) is 0 Å². The van der Waals surface area contributed by atoms with E-state index in [0.29, 0.717) is 12.0 Å². The minimum Gasteiger partial charge on any atom is -0.396 e.